The van der Waals surface area contributed by atoms with Gasteiger partial charge in [0.25, 0.3) is 0 Å². The molecule has 5 heteroatoms. The van der Waals surface area contributed by atoms with Gasteiger partial charge >= 0.3 is 0 Å². The first-order valence-electron chi connectivity index (χ1n) is 5.54. The molecule has 0 radical (unpaired) electrons. The monoisotopic (exact) mass is 241 g/mol. The molecule has 1 fully saturated rings. The van der Waals surface area contributed by atoms with Gasteiger partial charge in [0.15, 0.2) is 5.78 Å². The molecule has 1 atom stereocenters. The molecule has 1 aromatic rings. The summed E-state index contributed by atoms with van der Waals surface area (Å²) in [5.74, 6) is 0.116. The van der Waals surface area contributed by atoms with Gasteiger partial charge in [0.2, 0.25) is 0 Å². The van der Waals surface area contributed by atoms with E-state index in [1.165, 1.54) is 6.20 Å². The van der Waals surface area contributed by atoms with Gasteiger partial charge in [0, 0.05) is 19.0 Å². The van der Waals surface area contributed by atoms with Crippen LogP contribution in [0.4, 0.5) is 0 Å². The molecule has 0 bridgehead atoms. The maximum atomic E-state index is 12.5. The fraction of sp³-hybridized carbons (Fsp3) is 0.636. The van der Waals surface area contributed by atoms with E-state index >= 15 is 0 Å². The minimum Gasteiger partial charge on any atom is -0.316 e. The summed E-state index contributed by atoms with van der Waals surface area (Å²) in [5.41, 5.74) is 0.240. The Hall–Kier alpha value is -0.870. The topological polar surface area (TPSA) is 46.9 Å². The molecule has 0 aliphatic carbocycles. The zero-order valence-corrected chi connectivity index (χ0v) is 10.3. The van der Waals surface area contributed by atoms with Crippen molar-refractivity contribution < 1.29 is 4.79 Å². The van der Waals surface area contributed by atoms with Crippen LogP contribution in [0.5, 0.6) is 0 Å². The molecule has 0 amide bonds. The predicted octanol–water partition coefficient (Wildman–Crippen LogP) is 1.65. The number of nitrogens with zero attached hydrogens (tertiary/aromatic N) is 2. The number of carbonyl (C=O) groups is 1. The second-order valence-electron chi connectivity index (χ2n) is 4.35. The summed E-state index contributed by atoms with van der Waals surface area (Å²) in [4.78, 5) is 12.5. The first-order chi connectivity index (χ1) is 7.60. The number of aromatic nitrogens is 2. The third-order valence-electron chi connectivity index (χ3n) is 3.51. The molecule has 1 aliphatic heterocycles. The lowest BCUT2D eigenvalue weighted by Gasteiger charge is -2.24. The smallest absolute Gasteiger partial charge is 0.189 e. The molecule has 4 nitrogen and oxygen atoms in total. The van der Waals surface area contributed by atoms with Crippen LogP contribution in [0, 0.1) is 5.41 Å². The summed E-state index contributed by atoms with van der Waals surface area (Å²) in [5, 5.41) is 7.72. The van der Waals surface area contributed by atoms with Crippen molar-refractivity contribution in [3.8, 4) is 0 Å². The van der Waals surface area contributed by atoms with Crippen LogP contribution in [-0.4, -0.2) is 28.7 Å². The van der Waals surface area contributed by atoms with Crippen molar-refractivity contribution in [1.29, 1.82) is 0 Å². The van der Waals surface area contributed by atoms with Crippen molar-refractivity contribution in [1.82, 2.24) is 15.1 Å². The van der Waals surface area contributed by atoms with E-state index in [1.54, 1.807) is 11.7 Å². The van der Waals surface area contributed by atoms with Crippen molar-refractivity contribution in [3.05, 3.63) is 16.9 Å². The summed E-state index contributed by atoms with van der Waals surface area (Å²) in [7, 11) is 1.75. The highest BCUT2D eigenvalue weighted by molar-refractivity contribution is 6.33. The Labute approximate surface area is 100.0 Å². The summed E-state index contributed by atoms with van der Waals surface area (Å²) in [6, 6.07) is 0. The molecule has 0 saturated carbocycles. The van der Waals surface area contributed by atoms with E-state index in [9.17, 15) is 4.79 Å². The van der Waals surface area contributed by atoms with Crippen LogP contribution in [-0.2, 0) is 7.05 Å². The molecule has 1 aliphatic rings. The number of hydrogen-bond donors (Lipinski definition) is 1. The third-order valence-corrected chi connectivity index (χ3v) is 3.79. The Morgan fingerprint density at radius 2 is 2.50 bits per heavy atom. The standard InChI is InChI=1S/C11H16ClN3O/c1-3-11(4-5-13-7-11)10(16)9-8(12)6-14-15(9)2/h6,13H,3-5,7H2,1-2H3. The fourth-order valence-corrected chi connectivity index (χ4v) is 2.57. The first-order valence-corrected chi connectivity index (χ1v) is 5.91. The highest BCUT2D eigenvalue weighted by Crippen LogP contribution is 2.35. The number of Topliss-reactive ketones (excluding diaryl/α,β-unsaturated/α-hetero) is 1. The molecule has 1 aromatic heterocycles. The van der Waals surface area contributed by atoms with Gasteiger partial charge < -0.3 is 5.32 Å². The number of carbonyl (C=O) groups excluding carboxylic acids is 1. The number of halogens is 1. The number of rotatable bonds is 3. The highest BCUT2D eigenvalue weighted by atomic mass is 35.5. The molecule has 1 unspecified atom stereocenters. The van der Waals surface area contributed by atoms with E-state index in [0.29, 0.717) is 10.7 Å². The lowest BCUT2D eigenvalue weighted by Crippen LogP contribution is -2.34. The van der Waals surface area contributed by atoms with Crippen LogP contribution in [0.1, 0.15) is 30.3 Å². The molecule has 16 heavy (non-hydrogen) atoms. The fourth-order valence-electron chi connectivity index (χ4n) is 2.32. The van der Waals surface area contributed by atoms with E-state index < -0.39 is 0 Å². The van der Waals surface area contributed by atoms with Crippen LogP contribution in [0.2, 0.25) is 5.02 Å². The SMILES string of the molecule is CCC1(C(=O)c2c(Cl)cnn2C)CCNC1. The Bertz CT molecular complexity index is 388. The van der Waals surface area contributed by atoms with Gasteiger partial charge in [-0.1, -0.05) is 18.5 Å². The average Bonchev–Trinajstić information content (AvgIpc) is 2.86. The Kier molecular flexibility index (Phi) is 3.04. The normalized spacial score (nSPS) is 24.9. The number of hydrogen-bond acceptors (Lipinski definition) is 3. The Morgan fingerprint density at radius 1 is 1.75 bits per heavy atom. The lowest BCUT2D eigenvalue weighted by atomic mass is 9.78. The van der Waals surface area contributed by atoms with Gasteiger partial charge in [-0.15, -0.1) is 0 Å². The van der Waals surface area contributed by atoms with Crippen molar-refractivity contribution in [2.45, 2.75) is 19.8 Å². The maximum absolute atomic E-state index is 12.5. The third kappa shape index (κ3) is 1.66. The van der Waals surface area contributed by atoms with Crippen molar-refractivity contribution in [2.75, 3.05) is 13.1 Å². The van der Waals surface area contributed by atoms with E-state index in [4.69, 9.17) is 11.6 Å². The minimum absolute atomic E-state index is 0.116. The highest BCUT2D eigenvalue weighted by Gasteiger charge is 2.41. The number of nitrogens with one attached hydrogen (secondary N) is 1. The van der Waals surface area contributed by atoms with E-state index in [1.807, 2.05) is 0 Å². The molecule has 1 N–H and O–H groups in total. The van der Waals surface area contributed by atoms with Crippen molar-refractivity contribution in [3.63, 3.8) is 0 Å². The van der Waals surface area contributed by atoms with Gasteiger partial charge in [0.1, 0.15) is 5.69 Å². The van der Waals surface area contributed by atoms with Crippen LogP contribution < -0.4 is 5.32 Å². The Balaban J connectivity index is 2.38. The number of aryl methyl sites for hydroxylation is 1. The molecule has 88 valence electrons. The van der Waals surface area contributed by atoms with Crippen molar-refractivity contribution >= 4 is 17.4 Å². The Morgan fingerprint density at radius 3 is 2.94 bits per heavy atom. The first kappa shape index (κ1) is 11.6. The second kappa shape index (κ2) is 4.18. The molecule has 2 rings (SSSR count). The van der Waals surface area contributed by atoms with E-state index in [2.05, 4.69) is 17.3 Å². The summed E-state index contributed by atoms with van der Waals surface area (Å²) in [6.07, 6.45) is 3.24. The van der Waals surface area contributed by atoms with Gasteiger partial charge in [-0.25, -0.2) is 0 Å². The van der Waals surface area contributed by atoms with Crippen LogP contribution in [0.25, 0.3) is 0 Å². The average molecular weight is 242 g/mol. The molecule has 0 spiro atoms. The van der Waals surface area contributed by atoms with E-state index in [-0.39, 0.29) is 11.2 Å². The van der Waals surface area contributed by atoms with Gasteiger partial charge in [0.05, 0.1) is 11.2 Å². The van der Waals surface area contributed by atoms with Crippen LogP contribution >= 0.6 is 11.6 Å². The van der Waals surface area contributed by atoms with Crippen LogP contribution in [0.15, 0.2) is 6.20 Å². The maximum Gasteiger partial charge on any atom is 0.189 e. The molecular weight excluding hydrogens is 226 g/mol. The molecular formula is C11H16ClN3O. The largest absolute Gasteiger partial charge is 0.316 e. The summed E-state index contributed by atoms with van der Waals surface area (Å²) < 4.78 is 1.57. The van der Waals surface area contributed by atoms with Gasteiger partial charge in [-0.2, -0.15) is 5.10 Å². The molecule has 1 saturated heterocycles. The van der Waals surface area contributed by atoms with Gasteiger partial charge in [-0.3, -0.25) is 9.48 Å². The summed E-state index contributed by atoms with van der Waals surface area (Å²) >= 11 is 6.01. The predicted molar refractivity (Wildman–Crippen MR) is 62.8 cm³/mol. The second-order valence-corrected chi connectivity index (χ2v) is 4.76. The van der Waals surface area contributed by atoms with E-state index in [0.717, 1.165) is 25.9 Å². The van der Waals surface area contributed by atoms with Crippen molar-refractivity contribution in [2.24, 2.45) is 12.5 Å². The van der Waals surface area contributed by atoms with Gasteiger partial charge in [-0.05, 0) is 19.4 Å². The number of ketones is 1. The summed E-state index contributed by atoms with van der Waals surface area (Å²) in [6.45, 7) is 3.69. The molecule has 0 aromatic carbocycles. The zero-order valence-electron chi connectivity index (χ0n) is 9.59. The zero-order chi connectivity index (χ0) is 11.8. The lowest BCUT2D eigenvalue weighted by molar-refractivity contribution is 0.0800. The van der Waals surface area contributed by atoms with Crippen LogP contribution in [0.3, 0.4) is 0 Å². The minimum atomic E-state index is -0.294. The quantitative estimate of drug-likeness (QED) is 0.819. The molecule has 2 heterocycles.